The smallest absolute Gasteiger partial charge is 0.118 e. The molecule has 0 aromatic heterocycles. The molecule has 0 saturated carbocycles. The number of nitrogens with zero attached hydrogens (tertiary/aromatic N) is 2. The number of hydrogen-bond acceptors (Lipinski definition) is 5. The van der Waals surface area contributed by atoms with E-state index in [0.717, 1.165) is 49.8 Å². The Hall–Kier alpha value is -3.02. The Morgan fingerprint density at radius 1 is 0.594 bits per heavy atom. The summed E-state index contributed by atoms with van der Waals surface area (Å²) in [5.41, 5.74) is 3.86. The third-order valence-electron chi connectivity index (χ3n) is 6.09. The van der Waals surface area contributed by atoms with E-state index in [2.05, 4.69) is 58.3 Å². The van der Waals surface area contributed by atoms with E-state index in [1.54, 1.807) is 21.3 Å². The quantitative estimate of drug-likeness (QED) is 0.494. The molecule has 0 radical (unpaired) electrons. The van der Waals surface area contributed by atoms with E-state index in [1.807, 2.05) is 24.3 Å². The SMILES string of the molecule is COc1ccc(CN2CCCN(Cc3ccc(OC)cc3)C2c2ccc(OC)cc2)cc1. The summed E-state index contributed by atoms with van der Waals surface area (Å²) in [5.74, 6) is 2.66. The molecule has 1 fully saturated rings. The van der Waals surface area contributed by atoms with Crippen molar-refractivity contribution in [3.05, 3.63) is 89.5 Å². The molecule has 168 valence electrons. The Labute approximate surface area is 191 Å². The fraction of sp³-hybridized carbons (Fsp3) is 0.333. The molecule has 3 aromatic rings. The minimum Gasteiger partial charge on any atom is -0.497 e. The van der Waals surface area contributed by atoms with Gasteiger partial charge in [-0.25, -0.2) is 0 Å². The predicted octanol–water partition coefficient (Wildman–Crippen LogP) is 5.12. The zero-order chi connectivity index (χ0) is 22.3. The average Bonchev–Trinajstić information content (AvgIpc) is 2.85. The molecule has 0 unspecified atom stereocenters. The maximum absolute atomic E-state index is 5.39. The van der Waals surface area contributed by atoms with Gasteiger partial charge in [-0.2, -0.15) is 0 Å². The van der Waals surface area contributed by atoms with Gasteiger partial charge in [0, 0.05) is 26.2 Å². The van der Waals surface area contributed by atoms with Crippen molar-refractivity contribution in [3.8, 4) is 17.2 Å². The summed E-state index contributed by atoms with van der Waals surface area (Å²) in [4.78, 5) is 5.13. The highest BCUT2D eigenvalue weighted by molar-refractivity contribution is 5.31. The van der Waals surface area contributed by atoms with Crippen molar-refractivity contribution in [1.29, 1.82) is 0 Å². The Bertz CT molecular complexity index is 914. The van der Waals surface area contributed by atoms with Gasteiger partial charge in [0.15, 0.2) is 0 Å². The van der Waals surface area contributed by atoms with Crippen LogP contribution >= 0.6 is 0 Å². The molecule has 0 bridgehead atoms. The Kier molecular flexibility index (Phi) is 7.30. The largest absolute Gasteiger partial charge is 0.497 e. The van der Waals surface area contributed by atoms with E-state index >= 15 is 0 Å². The first kappa shape index (κ1) is 22.2. The van der Waals surface area contributed by atoms with E-state index < -0.39 is 0 Å². The van der Waals surface area contributed by atoms with Gasteiger partial charge >= 0.3 is 0 Å². The van der Waals surface area contributed by atoms with Gasteiger partial charge in [0.25, 0.3) is 0 Å². The van der Waals surface area contributed by atoms with Gasteiger partial charge in [-0.1, -0.05) is 36.4 Å². The zero-order valence-corrected chi connectivity index (χ0v) is 19.2. The van der Waals surface area contributed by atoms with Crippen molar-refractivity contribution >= 4 is 0 Å². The minimum absolute atomic E-state index is 0.193. The lowest BCUT2D eigenvalue weighted by Crippen LogP contribution is -2.46. The first-order valence-electron chi connectivity index (χ1n) is 11.1. The molecule has 1 heterocycles. The predicted molar refractivity (Wildman–Crippen MR) is 127 cm³/mol. The molecule has 3 aromatic carbocycles. The van der Waals surface area contributed by atoms with Crippen molar-refractivity contribution in [2.24, 2.45) is 0 Å². The number of benzene rings is 3. The molecule has 1 aliphatic heterocycles. The lowest BCUT2D eigenvalue weighted by atomic mass is 10.0. The molecule has 4 rings (SSSR count). The molecule has 0 spiro atoms. The fourth-order valence-electron chi connectivity index (χ4n) is 4.41. The fourth-order valence-corrected chi connectivity index (χ4v) is 4.41. The van der Waals surface area contributed by atoms with E-state index in [1.165, 1.54) is 16.7 Å². The molecular weight excluding hydrogens is 400 g/mol. The Morgan fingerprint density at radius 2 is 0.969 bits per heavy atom. The van der Waals surface area contributed by atoms with E-state index in [9.17, 15) is 0 Å². The second-order valence-corrected chi connectivity index (χ2v) is 8.14. The lowest BCUT2D eigenvalue weighted by Gasteiger charge is -2.44. The van der Waals surface area contributed by atoms with Crippen LogP contribution in [-0.2, 0) is 13.1 Å². The summed E-state index contributed by atoms with van der Waals surface area (Å²) in [6.07, 6.45) is 1.33. The van der Waals surface area contributed by atoms with Crippen molar-refractivity contribution in [3.63, 3.8) is 0 Å². The summed E-state index contributed by atoms with van der Waals surface area (Å²) >= 11 is 0. The van der Waals surface area contributed by atoms with Gasteiger partial charge in [0.05, 0.1) is 27.5 Å². The number of ether oxygens (including phenoxy) is 3. The number of hydrogen-bond donors (Lipinski definition) is 0. The van der Waals surface area contributed by atoms with Crippen molar-refractivity contribution in [2.45, 2.75) is 25.7 Å². The normalized spacial score (nSPS) is 15.5. The standard InChI is InChI=1S/C27H32N2O3/c1-30-24-11-5-21(6-12-24)19-28-17-4-18-29(20-22-7-13-25(31-2)14-8-22)27(28)23-9-15-26(32-3)16-10-23/h5-16,27H,4,17-20H2,1-3H3. The van der Waals surface area contributed by atoms with Gasteiger partial charge in [0.1, 0.15) is 17.2 Å². The molecule has 0 amide bonds. The molecular formula is C27H32N2O3. The molecule has 0 aliphatic carbocycles. The maximum atomic E-state index is 5.39. The van der Waals surface area contributed by atoms with Crippen molar-refractivity contribution in [1.82, 2.24) is 9.80 Å². The maximum Gasteiger partial charge on any atom is 0.118 e. The Morgan fingerprint density at radius 3 is 1.34 bits per heavy atom. The van der Waals surface area contributed by atoms with Crippen LogP contribution in [0.4, 0.5) is 0 Å². The molecule has 1 saturated heterocycles. The van der Waals surface area contributed by atoms with Gasteiger partial charge in [-0.15, -0.1) is 0 Å². The van der Waals surface area contributed by atoms with Crippen molar-refractivity contribution in [2.75, 3.05) is 34.4 Å². The molecule has 32 heavy (non-hydrogen) atoms. The summed E-state index contributed by atoms with van der Waals surface area (Å²) in [6.45, 7) is 3.89. The van der Waals surface area contributed by atoms with Crippen LogP contribution in [0.15, 0.2) is 72.8 Å². The second-order valence-electron chi connectivity index (χ2n) is 8.14. The monoisotopic (exact) mass is 432 g/mol. The highest BCUT2D eigenvalue weighted by atomic mass is 16.5. The summed E-state index contributed by atoms with van der Waals surface area (Å²) < 4.78 is 16.1. The van der Waals surface area contributed by atoms with Crippen LogP contribution in [0.25, 0.3) is 0 Å². The number of methoxy groups -OCH3 is 3. The zero-order valence-electron chi connectivity index (χ0n) is 19.2. The first-order chi connectivity index (χ1) is 15.7. The van der Waals surface area contributed by atoms with E-state index in [0.29, 0.717) is 0 Å². The molecule has 5 nitrogen and oxygen atoms in total. The van der Waals surface area contributed by atoms with Gasteiger partial charge < -0.3 is 14.2 Å². The van der Waals surface area contributed by atoms with Gasteiger partial charge in [-0.3, -0.25) is 9.80 Å². The minimum atomic E-state index is 0.193. The first-order valence-corrected chi connectivity index (χ1v) is 11.1. The van der Waals surface area contributed by atoms with Crippen LogP contribution in [0.3, 0.4) is 0 Å². The van der Waals surface area contributed by atoms with Crippen molar-refractivity contribution < 1.29 is 14.2 Å². The lowest BCUT2D eigenvalue weighted by molar-refractivity contribution is -0.00912. The molecule has 0 N–H and O–H groups in total. The highest BCUT2D eigenvalue weighted by Crippen LogP contribution is 2.33. The van der Waals surface area contributed by atoms with E-state index in [-0.39, 0.29) is 6.17 Å². The third-order valence-corrected chi connectivity index (χ3v) is 6.09. The summed E-state index contributed by atoms with van der Waals surface area (Å²) in [5, 5.41) is 0. The van der Waals surface area contributed by atoms with E-state index in [4.69, 9.17) is 14.2 Å². The molecule has 0 atom stereocenters. The van der Waals surface area contributed by atoms with Crippen LogP contribution in [0, 0.1) is 0 Å². The summed E-state index contributed by atoms with van der Waals surface area (Å²) in [7, 11) is 5.12. The second kappa shape index (κ2) is 10.5. The van der Waals surface area contributed by atoms with Crippen LogP contribution in [-0.4, -0.2) is 44.2 Å². The topological polar surface area (TPSA) is 34.2 Å². The van der Waals surface area contributed by atoms with Crippen LogP contribution in [0.1, 0.15) is 29.3 Å². The number of rotatable bonds is 8. The van der Waals surface area contributed by atoms with Gasteiger partial charge in [0.2, 0.25) is 0 Å². The summed E-state index contributed by atoms with van der Waals surface area (Å²) in [6, 6.07) is 25.3. The highest BCUT2D eigenvalue weighted by Gasteiger charge is 2.30. The average molecular weight is 433 g/mol. The van der Waals surface area contributed by atoms with Crippen LogP contribution in [0.2, 0.25) is 0 Å². The van der Waals surface area contributed by atoms with Crippen LogP contribution < -0.4 is 14.2 Å². The Balaban J connectivity index is 1.60. The molecule has 1 aliphatic rings. The molecule has 5 heteroatoms. The third kappa shape index (κ3) is 5.23. The van der Waals surface area contributed by atoms with Crippen LogP contribution in [0.5, 0.6) is 17.2 Å². The van der Waals surface area contributed by atoms with Gasteiger partial charge in [-0.05, 0) is 59.5 Å².